The molecule has 4 rings (SSSR count). The minimum Gasteiger partial charge on any atom is -0.507 e. The molecule has 26 heavy (non-hydrogen) atoms. The van der Waals surface area contributed by atoms with Crippen LogP contribution in [0.4, 0.5) is 15.8 Å². The zero-order chi connectivity index (χ0) is 18.1. The Kier molecular flexibility index (Phi) is 4.09. The molecule has 3 aromatic carbocycles. The first-order valence-electron chi connectivity index (χ1n) is 8.40. The molecule has 0 saturated heterocycles. The van der Waals surface area contributed by atoms with Gasteiger partial charge in [-0.15, -0.1) is 0 Å². The van der Waals surface area contributed by atoms with Gasteiger partial charge in [0.1, 0.15) is 11.6 Å². The van der Waals surface area contributed by atoms with E-state index < -0.39 is 0 Å². The molecule has 0 saturated carbocycles. The van der Waals surface area contributed by atoms with Gasteiger partial charge >= 0.3 is 0 Å². The van der Waals surface area contributed by atoms with Gasteiger partial charge in [0.15, 0.2) is 0 Å². The number of halogens is 1. The highest BCUT2D eigenvalue weighted by atomic mass is 19.1. The van der Waals surface area contributed by atoms with E-state index in [-0.39, 0.29) is 11.6 Å². The third-order valence-corrected chi connectivity index (χ3v) is 4.35. The lowest BCUT2D eigenvalue weighted by Crippen LogP contribution is -2.10. The van der Waals surface area contributed by atoms with Crippen LogP contribution in [0.1, 0.15) is 23.1 Å². The molecule has 0 spiro atoms. The van der Waals surface area contributed by atoms with E-state index in [2.05, 4.69) is 0 Å². The van der Waals surface area contributed by atoms with Crippen LogP contribution in [-0.2, 0) is 0 Å². The maximum Gasteiger partial charge on any atom is 0.124 e. The van der Waals surface area contributed by atoms with Gasteiger partial charge in [-0.1, -0.05) is 30.3 Å². The molecule has 0 aliphatic carbocycles. The highest BCUT2D eigenvalue weighted by Crippen LogP contribution is 2.34. The number of fused-ring (bicyclic) bond motifs is 1. The van der Waals surface area contributed by atoms with E-state index in [1.807, 2.05) is 49.4 Å². The summed E-state index contributed by atoms with van der Waals surface area (Å²) in [6.07, 6.45) is 0.398. The van der Waals surface area contributed by atoms with Gasteiger partial charge in [0.05, 0.1) is 22.8 Å². The van der Waals surface area contributed by atoms with Crippen molar-refractivity contribution in [3.05, 3.63) is 89.2 Å². The molecule has 1 aliphatic rings. The smallest absolute Gasteiger partial charge is 0.124 e. The van der Waals surface area contributed by atoms with E-state index in [1.54, 1.807) is 12.1 Å². The van der Waals surface area contributed by atoms with Crippen molar-refractivity contribution < 1.29 is 9.50 Å². The predicted molar refractivity (Wildman–Crippen MR) is 103 cm³/mol. The first-order valence-corrected chi connectivity index (χ1v) is 8.40. The fraction of sp³-hybridized carbons (Fsp3) is 0.0909. The van der Waals surface area contributed by atoms with Crippen LogP contribution < -0.4 is 0 Å². The molecular weight excluding hydrogens is 327 g/mol. The lowest BCUT2D eigenvalue weighted by atomic mass is 9.98. The third-order valence-electron chi connectivity index (χ3n) is 4.35. The van der Waals surface area contributed by atoms with E-state index in [0.717, 1.165) is 16.9 Å². The van der Waals surface area contributed by atoms with Crippen LogP contribution in [0, 0.1) is 12.7 Å². The number of phenolic OH excluding ortho intramolecular Hbond substituents is 1. The maximum atomic E-state index is 13.7. The lowest BCUT2D eigenvalue weighted by molar-refractivity contribution is 0.473. The van der Waals surface area contributed by atoms with Crippen molar-refractivity contribution in [2.45, 2.75) is 13.3 Å². The van der Waals surface area contributed by atoms with Crippen molar-refractivity contribution in [1.82, 2.24) is 0 Å². The third kappa shape index (κ3) is 3.14. The van der Waals surface area contributed by atoms with E-state index >= 15 is 0 Å². The van der Waals surface area contributed by atoms with Gasteiger partial charge in [0, 0.05) is 12.0 Å². The number of hydrogen-bond acceptors (Lipinski definition) is 3. The Balaban J connectivity index is 1.89. The Morgan fingerprint density at radius 2 is 1.58 bits per heavy atom. The van der Waals surface area contributed by atoms with E-state index in [0.29, 0.717) is 29.0 Å². The Bertz CT molecular complexity index is 1050. The van der Waals surface area contributed by atoms with Crippen LogP contribution in [0.3, 0.4) is 0 Å². The molecule has 1 aliphatic heterocycles. The van der Waals surface area contributed by atoms with Crippen molar-refractivity contribution in [2.75, 3.05) is 0 Å². The molecule has 4 heteroatoms. The first-order chi connectivity index (χ1) is 12.6. The van der Waals surface area contributed by atoms with Crippen molar-refractivity contribution in [3.63, 3.8) is 0 Å². The summed E-state index contributed by atoms with van der Waals surface area (Å²) in [5, 5.41) is 10.4. The molecule has 128 valence electrons. The number of aliphatic imine (C=N–C) groups is 2. The second-order valence-electron chi connectivity index (χ2n) is 6.31. The SMILES string of the molecule is Cc1ccc(C2=Nc3ccccc3N=C(c3cccc(F)c3)C2)c(O)c1. The van der Waals surface area contributed by atoms with Crippen molar-refractivity contribution in [3.8, 4) is 5.75 Å². The molecule has 3 nitrogen and oxygen atoms in total. The molecule has 1 N–H and O–H groups in total. The van der Waals surface area contributed by atoms with Crippen LogP contribution in [0.5, 0.6) is 5.75 Å². The Labute approximate surface area is 151 Å². The number of aryl methyl sites for hydroxylation is 1. The molecule has 0 unspecified atom stereocenters. The summed E-state index contributed by atoms with van der Waals surface area (Å²) < 4.78 is 13.7. The van der Waals surface area contributed by atoms with Gasteiger partial charge in [-0.25, -0.2) is 4.39 Å². The summed E-state index contributed by atoms with van der Waals surface area (Å²) in [4.78, 5) is 9.47. The van der Waals surface area contributed by atoms with Gasteiger partial charge < -0.3 is 5.11 Å². The molecular formula is C22H17FN2O. The minimum atomic E-state index is -0.306. The van der Waals surface area contributed by atoms with Gasteiger partial charge in [-0.2, -0.15) is 0 Å². The lowest BCUT2D eigenvalue weighted by Gasteiger charge is -2.10. The van der Waals surface area contributed by atoms with Crippen LogP contribution in [-0.4, -0.2) is 16.5 Å². The molecule has 0 fully saturated rings. The first kappa shape index (κ1) is 16.2. The Morgan fingerprint density at radius 3 is 2.27 bits per heavy atom. The largest absolute Gasteiger partial charge is 0.507 e. The minimum absolute atomic E-state index is 0.182. The zero-order valence-electron chi connectivity index (χ0n) is 14.3. The average molecular weight is 344 g/mol. The second kappa shape index (κ2) is 6.56. The zero-order valence-corrected chi connectivity index (χ0v) is 14.3. The van der Waals surface area contributed by atoms with E-state index in [4.69, 9.17) is 9.98 Å². The summed E-state index contributed by atoms with van der Waals surface area (Å²) in [7, 11) is 0. The number of rotatable bonds is 2. The second-order valence-corrected chi connectivity index (χ2v) is 6.31. The number of aromatic hydroxyl groups is 1. The number of benzene rings is 3. The monoisotopic (exact) mass is 344 g/mol. The Hall–Kier alpha value is -3.27. The number of nitrogens with zero attached hydrogens (tertiary/aromatic N) is 2. The van der Waals surface area contributed by atoms with Crippen LogP contribution >= 0.6 is 0 Å². The summed E-state index contributed by atoms with van der Waals surface area (Å²) in [5.41, 5.74) is 5.23. The van der Waals surface area contributed by atoms with Crippen molar-refractivity contribution >= 4 is 22.8 Å². The Morgan fingerprint density at radius 1 is 0.846 bits per heavy atom. The predicted octanol–water partition coefficient (Wildman–Crippen LogP) is 5.49. The van der Waals surface area contributed by atoms with Crippen molar-refractivity contribution in [1.29, 1.82) is 0 Å². The molecule has 0 radical (unpaired) electrons. The summed E-state index contributed by atoms with van der Waals surface area (Å²) >= 11 is 0. The van der Waals surface area contributed by atoms with Crippen molar-refractivity contribution in [2.24, 2.45) is 9.98 Å². The number of para-hydroxylation sites is 2. The van der Waals surface area contributed by atoms with Gasteiger partial charge in [0.25, 0.3) is 0 Å². The topological polar surface area (TPSA) is 45.0 Å². The maximum absolute atomic E-state index is 13.7. The van der Waals surface area contributed by atoms with Crippen LogP contribution in [0.25, 0.3) is 0 Å². The summed E-state index contributed by atoms with van der Waals surface area (Å²) in [6, 6.07) is 19.5. The number of hydrogen-bond donors (Lipinski definition) is 1. The molecule has 0 aromatic heterocycles. The fourth-order valence-corrected chi connectivity index (χ4v) is 3.06. The number of phenols is 1. The van der Waals surface area contributed by atoms with Gasteiger partial charge in [-0.3, -0.25) is 9.98 Å². The average Bonchev–Trinajstić information content (AvgIpc) is 2.81. The highest BCUT2D eigenvalue weighted by molar-refractivity contribution is 6.21. The normalized spacial score (nSPS) is 13.5. The standard InChI is InChI=1S/C22H17FN2O/c1-14-9-10-17(22(26)11-14)21-13-20(15-5-4-6-16(23)12-15)24-18-7-2-3-8-19(18)25-21/h2-12,26H,13H2,1H3. The summed E-state index contributed by atoms with van der Waals surface area (Å²) in [6.45, 7) is 1.92. The van der Waals surface area contributed by atoms with E-state index in [1.165, 1.54) is 12.1 Å². The van der Waals surface area contributed by atoms with E-state index in [9.17, 15) is 9.50 Å². The fourth-order valence-electron chi connectivity index (χ4n) is 3.06. The molecule has 0 atom stereocenters. The van der Waals surface area contributed by atoms with Gasteiger partial charge in [0.2, 0.25) is 0 Å². The molecule has 3 aromatic rings. The molecule has 0 amide bonds. The quantitative estimate of drug-likeness (QED) is 0.657. The van der Waals surface area contributed by atoms with Crippen LogP contribution in [0.15, 0.2) is 76.7 Å². The molecule has 1 heterocycles. The van der Waals surface area contributed by atoms with Crippen LogP contribution in [0.2, 0.25) is 0 Å². The summed E-state index contributed by atoms with van der Waals surface area (Å²) in [5.74, 6) is -0.124. The molecule has 0 bridgehead atoms. The highest BCUT2D eigenvalue weighted by Gasteiger charge is 2.18. The van der Waals surface area contributed by atoms with Gasteiger partial charge in [-0.05, 0) is 54.4 Å².